The summed E-state index contributed by atoms with van der Waals surface area (Å²) in [5.41, 5.74) is 0.664. The molecular weight excluding hydrogens is 280 g/mol. The molecule has 0 aliphatic heterocycles. The maximum absolute atomic E-state index is 11.5. The van der Waals surface area contributed by atoms with Gasteiger partial charge in [-0.05, 0) is 57.6 Å². The zero-order valence-electron chi connectivity index (χ0n) is 13.1. The molecule has 0 saturated heterocycles. The molecule has 3 aliphatic carbocycles. The number of rotatable bonds is 6. The molecule has 22 heavy (non-hydrogen) atoms. The zero-order valence-corrected chi connectivity index (χ0v) is 13.1. The zero-order chi connectivity index (χ0) is 15.6. The van der Waals surface area contributed by atoms with E-state index in [0.717, 1.165) is 56.5 Å². The van der Waals surface area contributed by atoms with Gasteiger partial charge < -0.3 is 15.2 Å². The lowest BCUT2D eigenvalue weighted by Crippen LogP contribution is -2.56. The summed E-state index contributed by atoms with van der Waals surface area (Å²) in [6.45, 7) is 3.33. The number of aliphatic carboxylic acids is 1. The molecule has 0 atom stereocenters. The first-order valence-corrected chi connectivity index (χ1v) is 8.14. The molecule has 2 bridgehead atoms. The van der Waals surface area contributed by atoms with E-state index in [4.69, 9.17) is 4.74 Å². The Bertz CT molecular complexity index is 517. The number of fused-ring (bicyclic) bond motifs is 3. The second-order valence-electron chi connectivity index (χ2n) is 6.64. The van der Waals surface area contributed by atoms with Crippen molar-refractivity contribution in [1.82, 2.24) is 10.3 Å². The minimum absolute atomic E-state index is 0.109. The Kier molecular flexibility index (Phi) is 4.08. The first kappa shape index (κ1) is 15.3. The highest BCUT2D eigenvalue weighted by Gasteiger charge is 2.52. The van der Waals surface area contributed by atoms with Crippen LogP contribution in [0.4, 0.5) is 0 Å². The molecule has 3 aliphatic rings. The molecule has 0 unspecified atom stereocenters. The van der Waals surface area contributed by atoms with Crippen molar-refractivity contribution in [3.8, 4) is 5.75 Å². The number of ether oxygens (including phenoxy) is 1. The van der Waals surface area contributed by atoms with Crippen molar-refractivity contribution in [1.29, 1.82) is 0 Å². The van der Waals surface area contributed by atoms with Gasteiger partial charge >= 0.3 is 5.97 Å². The fourth-order valence-electron chi connectivity index (χ4n) is 3.82. The molecule has 5 nitrogen and oxygen atoms in total. The minimum atomic E-state index is -0.603. The van der Waals surface area contributed by atoms with E-state index in [0.29, 0.717) is 6.61 Å². The molecule has 1 aromatic heterocycles. The molecule has 3 saturated carbocycles. The van der Waals surface area contributed by atoms with Crippen LogP contribution in [0.5, 0.6) is 5.75 Å². The molecule has 1 heterocycles. The first-order valence-electron chi connectivity index (χ1n) is 8.14. The van der Waals surface area contributed by atoms with Gasteiger partial charge in [0.15, 0.2) is 0 Å². The molecule has 5 heteroatoms. The Labute approximate surface area is 131 Å². The van der Waals surface area contributed by atoms with Gasteiger partial charge in [0.25, 0.3) is 0 Å². The quantitative estimate of drug-likeness (QED) is 0.845. The summed E-state index contributed by atoms with van der Waals surface area (Å²) < 4.78 is 5.40. The molecule has 1 aromatic rings. The highest BCUT2D eigenvalue weighted by molar-refractivity contribution is 5.75. The topological polar surface area (TPSA) is 71.5 Å². The van der Waals surface area contributed by atoms with Crippen LogP contribution in [-0.2, 0) is 11.3 Å². The van der Waals surface area contributed by atoms with Crippen molar-refractivity contribution >= 4 is 5.97 Å². The van der Waals surface area contributed by atoms with Gasteiger partial charge in [0.1, 0.15) is 5.75 Å². The van der Waals surface area contributed by atoms with Crippen LogP contribution in [0.2, 0.25) is 0 Å². The van der Waals surface area contributed by atoms with Gasteiger partial charge in [-0.2, -0.15) is 0 Å². The van der Waals surface area contributed by atoms with Crippen molar-refractivity contribution < 1.29 is 14.6 Å². The van der Waals surface area contributed by atoms with Crippen molar-refractivity contribution in [3.63, 3.8) is 0 Å². The number of carboxylic acid groups (broad SMARTS) is 1. The largest absolute Gasteiger partial charge is 0.492 e. The van der Waals surface area contributed by atoms with E-state index in [1.54, 1.807) is 6.20 Å². The van der Waals surface area contributed by atoms with E-state index < -0.39 is 11.4 Å². The number of nitrogens with zero attached hydrogens (tertiary/aromatic N) is 1. The maximum atomic E-state index is 11.5. The van der Waals surface area contributed by atoms with Crippen LogP contribution >= 0.6 is 0 Å². The second kappa shape index (κ2) is 5.88. The van der Waals surface area contributed by atoms with Crippen molar-refractivity contribution in [2.75, 3.05) is 6.61 Å². The fraction of sp³-hybridized carbons (Fsp3) is 0.647. The average Bonchev–Trinajstić information content (AvgIpc) is 2.56. The summed E-state index contributed by atoms with van der Waals surface area (Å²) in [6.07, 6.45) is 7.02. The summed E-state index contributed by atoms with van der Waals surface area (Å²) in [4.78, 5) is 15.9. The van der Waals surface area contributed by atoms with E-state index in [2.05, 4.69) is 10.3 Å². The lowest BCUT2D eigenvalue weighted by Gasteiger charge is -2.51. The van der Waals surface area contributed by atoms with E-state index in [-0.39, 0.29) is 5.54 Å². The van der Waals surface area contributed by atoms with Gasteiger partial charge in [-0.3, -0.25) is 9.78 Å². The van der Waals surface area contributed by atoms with E-state index in [9.17, 15) is 9.90 Å². The predicted octanol–water partition coefficient (Wildman–Crippen LogP) is 2.75. The molecule has 0 aromatic carbocycles. The Morgan fingerprint density at radius 2 is 1.95 bits per heavy atom. The summed E-state index contributed by atoms with van der Waals surface area (Å²) in [5.74, 6) is 0.194. The standard InChI is InChI=1S/C17H24N2O3/c1-2-22-14-4-3-13(18-12-14)11-19-17-8-5-16(6-9-17,7-10-17)15(20)21/h3-4,12,19H,2,5-11H2,1H3,(H,20,21). The van der Waals surface area contributed by atoms with E-state index >= 15 is 0 Å². The first-order chi connectivity index (χ1) is 10.6. The van der Waals surface area contributed by atoms with E-state index in [1.807, 2.05) is 19.1 Å². The van der Waals surface area contributed by atoms with Gasteiger partial charge in [-0.15, -0.1) is 0 Å². The fourth-order valence-corrected chi connectivity index (χ4v) is 3.82. The monoisotopic (exact) mass is 304 g/mol. The van der Waals surface area contributed by atoms with Crippen molar-refractivity contribution in [2.24, 2.45) is 5.41 Å². The normalized spacial score (nSPS) is 30.2. The SMILES string of the molecule is CCOc1ccc(CNC23CCC(C(=O)O)(CC2)CC3)nc1. The lowest BCUT2D eigenvalue weighted by atomic mass is 9.57. The molecule has 0 spiro atoms. The Morgan fingerprint density at radius 3 is 2.45 bits per heavy atom. The summed E-state index contributed by atoms with van der Waals surface area (Å²) in [6, 6.07) is 3.93. The number of nitrogens with one attached hydrogen (secondary N) is 1. The lowest BCUT2D eigenvalue weighted by molar-refractivity contribution is -0.156. The Morgan fingerprint density at radius 1 is 1.27 bits per heavy atom. The van der Waals surface area contributed by atoms with Crippen LogP contribution in [0.25, 0.3) is 0 Å². The second-order valence-corrected chi connectivity index (χ2v) is 6.64. The van der Waals surface area contributed by atoms with Crippen LogP contribution in [0.15, 0.2) is 18.3 Å². The van der Waals surface area contributed by atoms with Crippen LogP contribution in [0.1, 0.15) is 51.1 Å². The molecule has 4 rings (SSSR count). The third-order valence-electron chi connectivity index (χ3n) is 5.45. The van der Waals surface area contributed by atoms with Gasteiger partial charge in [0.2, 0.25) is 0 Å². The minimum Gasteiger partial charge on any atom is -0.492 e. The number of carboxylic acids is 1. The molecule has 120 valence electrons. The number of carbonyl (C=O) groups is 1. The van der Waals surface area contributed by atoms with Crippen LogP contribution in [0, 0.1) is 5.41 Å². The predicted molar refractivity (Wildman–Crippen MR) is 82.7 cm³/mol. The van der Waals surface area contributed by atoms with Crippen LogP contribution < -0.4 is 10.1 Å². The van der Waals surface area contributed by atoms with Gasteiger partial charge in [-0.1, -0.05) is 0 Å². The van der Waals surface area contributed by atoms with Crippen LogP contribution in [-0.4, -0.2) is 28.2 Å². The average molecular weight is 304 g/mol. The molecule has 0 radical (unpaired) electrons. The summed E-state index contributed by atoms with van der Waals surface area (Å²) in [5, 5.41) is 13.1. The molecule has 2 N–H and O–H groups in total. The third-order valence-corrected chi connectivity index (χ3v) is 5.45. The van der Waals surface area contributed by atoms with E-state index in [1.165, 1.54) is 0 Å². The smallest absolute Gasteiger partial charge is 0.309 e. The molecule has 0 amide bonds. The maximum Gasteiger partial charge on any atom is 0.309 e. The highest BCUT2D eigenvalue weighted by Crippen LogP contribution is 2.52. The van der Waals surface area contributed by atoms with Gasteiger partial charge in [-0.25, -0.2) is 0 Å². The van der Waals surface area contributed by atoms with Gasteiger partial charge in [0, 0.05) is 12.1 Å². The third kappa shape index (κ3) is 2.82. The van der Waals surface area contributed by atoms with Gasteiger partial charge in [0.05, 0.1) is 23.9 Å². The Hall–Kier alpha value is -1.62. The molecule has 3 fully saturated rings. The van der Waals surface area contributed by atoms with Crippen LogP contribution in [0.3, 0.4) is 0 Å². The summed E-state index contributed by atoms with van der Waals surface area (Å²) in [7, 11) is 0. The van der Waals surface area contributed by atoms with Crippen molar-refractivity contribution in [3.05, 3.63) is 24.0 Å². The number of aromatic nitrogens is 1. The number of pyridine rings is 1. The highest BCUT2D eigenvalue weighted by atomic mass is 16.5. The summed E-state index contributed by atoms with van der Waals surface area (Å²) >= 11 is 0. The molecular formula is C17H24N2O3. The number of hydrogen-bond donors (Lipinski definition) is 2. The Balaban J connectivity index is 1.57. The van der Waals surface area contributed by atoms with Crippen molar-refractivity contribution in [2.45, 2.75) is 57.5 Å². The number of hydrogen-bond acceptors (Lipinski definition) is 4.